The molecule has 6 nitrogen and oxygen atoms in total. The van der Waals surface area contributed by atoms with Gasteiger partial charge in [-0.25, -0.2) is 4.79 Å². The van der Waals surface area contributed by atoms with Crippen molar-refractivity contribution in [3.63, 3.8) is 0 Å². The molecule has 0 aromatic carbocycles. The molecule has 66 valence electrons. The lowest BCUT2D eigenvalue weighted by molar-refractivity contribution is 0.164. The van der Waals surface area contributed by atoms with Crippen molar-refractivity contribution in [1.29, 1.82) is 0 Å². The summed E-state index contributed by atoms with van der Waals surface area (Å²) in [6, 6.07) is 0. The minimum atomic E-state index is -4.04. The summed E-state index contributed by atoms with van der Waals surface area (Å²) in [5, 5.41) is 0. The minimum absolute atomic E-state index is 0.0399. The van der Waals surface area contributed by atoms with Crippen LogP contribution in [-0.4, -0.2) is 31.4 Å². The van der Waals surface area contributed by atoms with Gasteiger partial charge in [-0.3, -0.25) is 4.55 Å². The van der Waals surface area contributed by atoms with Gasteiger partial charge in [0.25, 0.3) is 0 Å². The van der Waals surface area contributed by atoms with Crippen LogP contribution in [0.15, 0.2) is 0 Å². The van der Waals surface area contributed by atoms with Crippen LogP contribution in [0.4, 0.5) is 4.79 Å². The highest BCUT2D eigenvalue weighted by Gasteiger charge is 2.04. The van der Waals surface area contributed by atoms with Crippen molar-refractivity contribution in [2.45, 2.75) is 0 Å². The quantitative estimate of drug-likeness (QED) is 0.364. The highest BCUT2D eigenvalue weighted by atomic mass is 33.1. The maximum absolute atomic E-state index is 10.0. The fraction of sp³-hybridized carbons (Fsp3) is 0.667. The van der Waals surface area contributed by atoms with Gasteiger partial charge in [-0.05, 0) is 0 Å². The zero-order chi connectivity index (χ0) is 8.91. The normalized spacial score (nSPS) is 11.0. The number of carbonyl (C=O) groups excluding carboxylic acids is 1. The van der Waals surface area contributed by atoms with E-state index in [1.807, 2.05) is 0 Å². The Hall–Kier alpha value is -0.470. The molecule has 0 aromatic rings. The first-order valence-corrected chi connectivity index (χ1v) is 5.40. The van der Waals surface area contributed by atoms with Crippen LogP contribution in [0.1, 0.15) is 0 Å². The first-order valence-electron chi connectivity index (χ1n) is 2.46. The summed E-state index contributed by atoms with van der Waals surface area (Å²) >= 11 is 0. The first kappa shape index (κ1) is 10.5. The summed E-state index contributed by atoms with van der Waals surface area (Å²) in [5.41, 5.74) is 4.56. The molecule has 0 saturated carbocycles. The first-order chi connectivity index (χ1) is 4.92. The van der Waals surface area contributed by atoms with Crippen molar-refractivity contribution in [3.05, 3.63) is 0 Å². The number of amides is 1. The maximum Gasteiger partial charge on any atom is 0.404 e. The monoisotopic (exact) mass is 201 g/mol. The molecular weight excluding hydrogens is 194 g/mol. The predicted octanol–water partition coefficient (Wildman–Crippen LogP) is -0.382. The summed E-state index contributed by atoms with van der Waals surface area (Å²) in [5.74, 6) is -0.0399. The topological polar surface area (TPSA) is 107 Å². The summed E-state index contributed by atoms with van der Waals surface area (Å²) in [6.07, 6.45) is -0.971. The second kappa shape index (κ2) is 4.42. The van der Waals surface area contributed by atoms with Crippen LogP contribution >= 0.6 is 10.8 Å². The van der Waals surface area contributed by atoms with Gasteiger partial charge in [-0.2, -0.15) is 8.42 Å². The lowest BCUT2D eigenvalue weighted by Crippen LogP contribution is -2.15. The van der Waals surface area contributed by atoms with E-state index in [4.69, 9.17) is 4.55 Å². The van der Waals surface area contributed by atoms with Crippen LogP contribution in [0.5, 0.6) is 0 Å². The second-order valence-electron chi connectivity index (χ2n) is 1.42. The van der Waals surface area contributed by atoms with Gasteiger partial charge in [-0.15, -0.1) is 0 Å². The van der Waals surface area contributed by atoms with Crippen molar-refractivity contribution < 1.29 is 22.5 Å². The lowest BCUT2D eigenvalue weighted by atomic mass is 10.9. The van der Waals surface area contributed by atoms with Gasteiger partial charge in [0.1, 0.15) is 6.61 Å². The number of primary amides is 1. The molecule has 0 aliphatic rings. The number of nitrogens with two attached hydrogens (primary N) is 1. The largest absolute Gasteiger partial charge is 0.449 e. The van der Waals surface area contributed by atoms with Crippen LogP contribution in [0.2, 0.25) is 0 Å². The van der Waals surface area contributed by atoms with Gasteiger partial charge in [-0.1, -0.05) is 0 Å². The third-order valence-corrected chi connectivity index (χ3v) is 2.58. The Balaban J connectivity index is 3.37. The zero-order valence-corrected chi connectivity index (χ0v) is 7.02. The summed E-state index contributed by atoms with van der Waals surface area (Å²) < 4.78 is 32.4. The van der Waals surface area contributed by atoms with E-state index in [9.17, 15) is 13.2 Å². The predicted molar refractivity (Wildman–Crippen MR) is 39.5 cm³/mol. The van der Waals surface area contributed by atoms with Gasteiger partial charge in [0.2, 0.25) is 0 Å². The van der Waals surface area contributed by atoms with E-state index in [0.29, 0.717) is 0 Å². The Morgan fingerprint density at radius 3 is 2.55 bits per heavy atom. The highest BCUT2D eigenvalue weighted by Crippen LogP contribution is 2.07. The van der Waals surface area contributed by atoms with Crippen molar-refractivity contribution in [3.8, 4) is 0 Å². The van der Waals surface area contributed by atoms with Crippen molar-refractivity contribution in [1.82, 2.24) is 0 Å². The molecule has 8 heteroatoms. The lowest BCUT2D eigenvalue weighted by Gasteiger charge is -1.97. The Morgan fingerprint density at radius 2 is 2.18 bits per heavy atom. The zero-order valence-electron chi connectivity index (χ0n) is 5.39. The Morgan fingerprint density at radius 1 is 1.64 bits per heavy atom. The summed E-state index contributed by atoms with van der Waals surface area (Å²) in [6.45, 7) is -0.139. The third-order valence-electron chi connectivity index (χ3n) is 0.560. The fourth-order valence-electron chi connectivity index (χ4n) is 0.282. The van der Waals surface area contributed by atoms with Crippen LogP contribution in [0.3, 0.4) is 0 Å². The van der Waals surface area contributed by atoms with Gasteiger partial charge >= 0.3 is 15.2 Å². The molecule has 0 atom stereocenters. The molecule has 0 radical (unpaired) electrons. The number of ether oxygens (including phenoxy) is 1. The Bertz CT molecular complexity index is 222. The van der Waals surface area contributed by atoms with E-state index >= 15 is 0 Å². The van der Waals surface area contributed by atoms with Crippen LogP contribution in [-0.2, 0) is 13.9 Å². The Labute approximate surface area is 67.2 Å². The van der Waals surface area contributed by atoms with E-state index in [2.05, 4.69) is 10.5 Å². The molecule has 3 N–H and O–H groups in total. The molecule has 0 rings (SSSR count). The smallest absolute Gasteiger partial charge is 0.404 e. The minimum Gasteiger partial charge on any atom is -0.449 e. The van der Waals surface area contributed by atoms with E-state index in [1.54, 1.807) is 0 Å². The van der Waals surface area contributed by atoms with Crippen molar-refractivity contribution in [2.24, 2.45) is 5.73 Å². The number of carbonyl (C=O) groups is 1. The molecule has 0 aliphatic carbocycles. The van der Waals surface area contributed by atoms with Crippen molar-refractivity contribution >= 4 is 26.0 Å². The molecule has 1 amide bonds. The molecule has 0 aromatic heterocycles. The fourth-order valence-corrected chi connectivity index (χ4v) is 1.48. The van der Waals surface area contributed by atoms with E-state index < -0.39 is 15.2 Å². The second-order valence-corrected chi connectivity index (χ2v) is 4.89. The number of hydrogen-bond acceptors (Lipinski definition) is 5. The molecule has 0 unspecified atom stereocenters. The highest BCUT2D eigenvalue weighted by molar-refractivity contribution is 8.69. The third kappa shape index (κ3) is 9.53. The average Bonchev–Trinajstić information content (AvgIpc) is 1.78. The van der Waals surface area contributed by atoms with Gasteiger partial charge in [0.15, 0.2) is 0 Å². The van der Waals surface area contributed by atoms with Crippen molar-refractivity contribution in [2.75, 3.05) is 12.4 Å². The van der Waals surface area contributed by atoms with Gasteiger partial charge in [0.05, 0.1) is 0 Å². The molecule has 0 aliphatic heterocycles. The van der Waals surface area contributed by atoms with E-state index in [-0.39, 0.29) is 23.2 Å². The molecule has 11 heavy (non-hydrogen) atoms. The molecule has 0 bridgehead atoms. The van der Waals surface area contributed by atoms with E-state index in [1.165, 1.54) is 0 Å². The standard InChI is InChI=1S/C3H7NO5S2/c4-3(5)9-1-2-10-11(6,7)8/h1-2H2,(H2,4,5)(H,6,7,8). The summed E-state index contributed by atoms with van der Waals surface area (Å²) in [7, 11) is -3.77. The molecule has 0 spiro atoms. The number of rotatable bonds is 4. The van der Waals surface area contributed by atoms with E-state index in [0.717, 1.165) is 0 Å². The average molecular weight is 201 g/mol. The van der Waals surface area contributed by atoms with Gasteiger partial charge < -0.3 is 10.5 Å². The molecule has 0 heterocycles. The Kier molecular flexibility index (Phi) is 4.23. The van der Waals surface area contributed by atoms with Crippen LogP contribution in [0, 0.1) is 0 Å². The number of hydrogen-bond donors (Lipinski definition) is 2. The van der Waals surface area contributed by atoms with Gasteiger partial charge in [0, 0.05) is 16.5 Å². The van der Waals surface area contributed by atoms with Crippen LogP contribution in [0.25, 0.3) is 0 Å². The van der Waals surface area contributed by atoms with Crippen LogP contribution < -0.4 is 5.73 Å². The molecular formula is C3H7NO5S2. The molecule has 0 saturated heterocycles. The summed E-state index contributed by atoms with van der Waals surface area (Å²) in [4.78, 5) is 9.90. The maximum atomic E-state index is 10.0. The SMILES string of the molecule is NC(=O)OCCSS(=O)(=O)O. The molecule has 0 fully saturated rings.